The summed E-state index contributed by atoms with van der Waals surface area (Å²) in [6, 6.07) is 13.4. The molecule has 0 amide bonds. The molecule has 4 rings (SSSR count). The van der Waals surface area contributed by atoms with Crippen molar-refractivity contribution in [1.82, 2.24) is 0 Å². The van der Waals surface area contributed by atoms with E-state index in [4.69, 9.17) is 4.42 Å². The summed E-state index contributed by atoms with van der Waals surface area (Å²) in [4.78, 5) is 0. The van der Waals surface area contributed by atoms with Gasteiger partial charge in [0.25, 0.3) is 0 Å². The summed E-state index contributed by atoms with van der Waals surface area (Å²) < 4.78 is 5.76. The second-order valence-corrected chi connectivity index (χ2v) is 4.03. The monoisotopic (exact) mass is 208 g/mol. The van der Waals surface area contributed by atoms with Gasteiger partial charge in [-0.2, -0.15) is 0 Å². The van der Waals surface area contributed by atoms with Crippen LogP contribution in [-0.2, 0) is 0 Å². The number of hydrogen-bond acceptors (Lipinski definition) is 2. The highest BCUT2D eigenvalue weighted by molar-refractivity contribution is 6.22. The van der Waals surface area contributed by atoms with Crippen molar-refractivity contribution >= 4 is 32.7 Å². The van der Waals surface area contributed by atoms with E-state index in [9.17, 15) is 5.11 Å². The number of rotatable bonds is 0. The van der Waals surface area contributed by atoms with Crippen LogP contribution < -0.4 is 0 Å². The van der Waals surface area contributed by atoms with E-state index < -0.39 is 0 Å². The fourth-order valence-corrected chi connectivity index (χ4v) is 2.43. The van der Waals surface area contributed by atoms with Crippen molar-refractivity contribution in [2.75, 3.05) is 0 Å². The molecule has 0 fully saturated rings. The molecule has 0 atom stereocenters. The summed E-state index contributed by atoms with van der Waals surface area (Å²) >= 11 is 0. The van der Waals surface area contributed by atoms with Crippen LogP contribution in [0.2, 0.25) is 0 Å². The van der Waals surface area contributed by atoms with E-state index in [1.165, 1.54) is 0 Å². The Kier molecular flexibility index (Phi) is 1.24. The van der Waals surface area contributed by atoms with Crippen molar-refractivity contribution in [3.8, 4) is 5.75 Å². The molecular formula is C14H8O2. The smallest absolute Gasteiger partial charge is 0.136 e. The first-order chi connectivity index (χ1) is 7.84. The van der Waals surface area contributed by atoms with Crippen LogP contribution in [0.5, 0.6) is 5.75 Å². The van der Waals surface area contributed by atoms with Gasteiger partial charge in [-0.05, 0) is 29.7 Å². The number of furan rings is 1. The maximum atomic E-state index is 9.82. The van der Waals surface area contributed by atoms with Gasteiger partial charge in [0.05, 0.1) is 0 Å². The van der Waals surface area contributed by atoms with E-state index in [1.54, 1.807) is 6.07 Å². The van der Waals surface area contributed by atoms with Crippen molar-refractivity contribution in [2.24, 2.45) is 0 Å². The molecule has 3 aromatic carbocycles. The summed E-state index contributed by atoms with van der Waals surface area (Å²) in [6.45, 7) is 0. The average molecular weight is 208 g/mol. The molecule has 2 heteroatoms. The molecule has 0 aliphatic heterocycles. The molecule has 0 unspecified atom stereocenters. The third-order valence-corrected chi connectivity index (χ3v) is 3.14. The van der Waals surface area contributed by atoms with Crippen LogP contribution in [0.15, 0.2) is 46.9 Å². The number of aromatic hydroxyl groups is 1. The first kappa shape index (κ1) is 7.99. The van der Waals surface area contributed by atoms with E-state index in [-0.39, 0.29) is 0 Å². The Morgan fingerprint density at radius 1 is 0.812 bits per heavy atom. The Balaban J connectivity index is 2.50. The molecule has 1 aromatic heterocycles. The molecule has 0 saturated heterocycles. The lowest BCUT2D eigenvalue weighted by Crippen LogP contribution is -1.76. The summed E-state index contributed by atoms with van der Waals surface area (Å²) in [5.74, 6) is 0.306. The minimum absolute atomic E-state index is 0.306. The molecule has 0 radical (unpaired) electrons. The molecule has 2 nitrogen and oxygen atoms in total. The topological polar surface area (TPSA) is 33.4 Å². The van der Waals surface area contributed by atoms with E-state index in [0.717, 1.165) is 32.7 Å². The predicted molar refractivity (Wildman–Crippen MR) is 64.1 cm³/mol. The summed E-state index contributed by atoms with van der Waals surface area (Å²) in [5.41, 5.74) is 1.71. The van der Waals surface area contributed by atoms with Crippen molar-refractivity contribution in [2.45, 2.75) is 0 Å². The zero-order valence-electron chi connectivity index (χ0n) is 8.40. The Morgan fingerprint density at radius 2 is 1.69 bits per heavy atom. The van der Waals surface area contributed by atoms with E-state index in [2.05, 4.69) is 6.07 Å². The molecule has 0 bridgehead atoms. The standard InChI is InChI=1S/C14H8O2/c15-10-6-7-12-14-9(10)5-4-8-2-1-3-11(16-12)13(8)14/h1-7,15H. The average Bonchev–Trinajstić information content (AvgIpc) is 2.69. The van der Waals surface area contributed by atoms with Crippen LogP contribution in [0.25, 0.3) is 32.7 Å². The fourth-order valence-electron chi connectivity index (χ4n) is 2.43. The number of hydrogen-bond donors (Lipinski definition) is 1. The highest BCUT2D eigenvalue weighted by atomic mass is 16.3. The number of phenols is 1. The lowest BCUT2D eigenvalue weighted by atomic mass is 10.0. The third-order valence-electron chi connectivity index (χ3n) is 3.14. The van der Waals surface area contributed by atoms with Gasteiger partial charge >= 0.3 is 0 Å². The van der Waals surface area contributed by atoms with Gasteiger partial charge in [-0.3, -0.25) is 0 Å². The third kappa shape index (κ3) is 0.784. The van der Waals surface area contributed by atoms with Gasteiger partial charge in [0.2, 0.25) is 0 Å². The first-order valence-electron chi connectivity index (χ1n) is 5.20. The summed E-state index contributed by atoms with van der Waals surface area (Å²) in [6.07, 6.45) is 0. The van der Waals surface area contributed by atoms with Gasteiger partial charge in [-0.25, -0.2) is 0 Å². The molecule has 1 heterocycles. The van der Waals surface area contributed by atoms with Crippen molar-refractivity contribution in [3.05, 3.63) is 42.5 Å². The molecule has 4 aromatic rings. The largest absolute Gasteiger partial charge is 0.507 e. The van der Waals surface area contributed by atoms with Gasteiger partial charge < -0.3 is 9.52 Å². The van der Waals surface area contributed by atoms with Gasteiger partial charge in [0, 0.05) is 16.2 Å². The minimum Gasteiger partial charge on any atom is -0.507 e. The quantitative estimate of drug-likeness (QED) is 0.445. The molecule has 0 aliphatic rings. The Morgan fingerprint density at radius 3 is 2.62 bits per heavy atom. The molecule has 76 valence electrons. The van der Waals surface area contributed by atoms with E-state index in [1.807, 2.05) is 30.3 Å². The highest BCUT2D eigenvalue weighted by Gasteiger charge is 2.13. The molecular weight excluding hydrogens is 200 g/mol. The SMILES string of the molecule is Oc1ccc2oc3cccc4ccc1c2c43. The van der Waals surface area contributed by atoms with Crippen LogP contribution >= 0.6 is 0 Å². The normalized spacial score (nSPS) is 12.0. The van der Waals surface area contributed by atoms with Crippen LogP contribution in [0.3, 0.4) is 0 Å². The summed E-state index contributed by atoms with van der Waals surface area (Å²) in [7, 11) is 0. The van der Waals surface area contributed by atoms with Crippen LogP contribution in [-0.4, -0.2) is 5.11 Å². The zero-order valence-corrected chi connectivity index (χ0v) is 8.40. The molecule has 1 N–H and O–H groups in total. The number of benzene rings is 3. The van der Waals surface area contributed by atoms with Crippen LogP contribution in [0.4, 0.5) is 0 Å². The Bertz CT molecular complexity index is 811. The maximum Gasteiger partial charge on any atom is 0.136 e. The van der Waals surface area contributed by atoms with E-state index in [0.29, 0.717) is 5.75 Å². The lowest BCUT2D eigenvalue weighted by Gasteiger charge is -2.01. The van der Waals surface area contributed by atoms with Gasteiger partial charge in [0.15, 0.2) is 0 Å². The number of phenolic OH excluding ortho intramolecular Hbond substituents is 1. The molecule has 16 heavy (non-hydrogen) atoms. The second-order valence-electron chi connectivity index (χ2n) is 4.03. The second kappa shape index (κ2) is 2.47. The maximum absolute atomic E-state index is 9.82. The van der Waals surface area contributed by atoms with Gasteiger partial charge in [-0.15, -0.1) is 0 Å². The molecule has 0 saturated carbocycles. The Hall–Kier alpha value is -2.22. The van der Waals surface area contributed by atoms with Crippen molar-refractivity contribution in [3.63, 3.8) is 0 Å². The van der Waals surface area contributed by atoms with Crippen LogP contribution in [0, 0.1) is 0 Å². The van der Waals surface area contributed by atoms with E-state index >= 15 is 0 Å². The van der Waals surface area contributed by atoms with Crippen molar-refractivity contribution in [1.29, 1.82) is 0 Å². The highest BCUT2D eigenvalue weighted by Crippen LogP contribution is 2.39. The molecule has 0 spiro atoms. The summed E-state index contributed by atoms with van der Waals surface area (Å²) in [5, 5.41) is 14.0. The fraction of sp³-hybridized carbons (Fsp3) is 0. The zero-order chi connectivity index (χ0) is 10.7. The molecule has 0 aliphatic carbocycles. The van der Waals surface area contributed by atoms with Crippen LogP contribution in [0.1, 0.15) is 0 Å². The minimum atomic E-state index is 0.306. The first-order valence-corrected chi connectivity index (χ1v) is 5.20. The Labute approximate surface area is 91.0 Å². The predicted octanol–water partition coefficient (Wildman–Crippen LogP) is 3.88. The van der Waals surface area contributed by atoms with Gasteiger partial charge in [-0.1, -0.05) is 18.2 Å². The lowest BCUT2D eigenvalue weighted by molar-refractivity contribution is 0.481. The van der Waals surface area contributed by atoms with Crippen molar-refractivity contribution < 1.29 is 9.52 Å². The van der Waals surface area contributed by atoms with Gasteiger partial charge in [0.1, 0.15) is 16.9 Å².